The molecule has 0 aliphatic carbocycles. The van der Waals surface area contributed by atoms with Gasteiger partial charge in [0.15, 0.2) is 0 Å². The van der Waals surface area contributed by atoms with Gasteiger partial charge < -0.3 is 14.7 Å². The number of nitrogens with one attached hydrogen (secondary N) is 1. The molecule has 4 rings (SSSR count). The topological polar surface area (TPSA) is 71.3 Å². The number of likely N-dealkylation sites (tertiary alicyclic amines) is 1. The van der Waals surface area contributed by atoms with E-state index >= 15 is 0 Å². The van der Waals surface area contributed by atoms with Crippen LogP contribution in [0.4, 0.5) is 10.5 Å². The van der Waals surface area contributed by atoms with E-state index in [9.17, 15) is 4.79 Å². The molecule has 29 heavy (non-hydrogen) atoms. The number of hydrogen-bond acceptors (Lipinski definition) is 4. The Hall–Kier alpha value is -2.09. The van der Waals surface area contributed by atoms with Gasteiger partial charge in [0.1, 0.15) is 0 Å². The lowest BCUT2D eigenvalue weighted by atomic mass is 9.97. The molecule has 9 heteroatoms. The molecule has 0 atom stereocenters. The first-order valence-electron chi connectivity index (χ1n) is 9.11. The fourth-order valence-corrected chi connectivity index (χ4v) is 4.01. The molecule has 1 saturated heterocycles. The van der Waals surface area contributed by atoms with Gasteiger partial charge in [-0.2, -0.15) is 4.98 Å². The van der Waals surface area contributed by atoms with Gasteiger partial charge >= 0.3 is 6.03 Å². The van der Waals surface area contributed by atoms with Crippen molar-refractivity contribution < 1.29 is 9.32 Å². The molecule has 1 aliphatic rings. The summed E-state index contributed by atoms with van der Waals surface area (Å²) < 4.78 is 6.48. The molecule has 0 unspecified atom stereocenters. The number of anilines is 1. The summed E-state index contributed by atoms with van der Waals surface area (Å²) in [5.74, 6) is 1.30. The van der Waals surface area contributed by atoms with Gasteiger partial charge in [-0.05, 0) is 49.2 Å². The summed E-state index contributed by atoms with van der Waals surface area (Å²) in [4.78, 5) is 18.9. The highest BCUT2D eigenvalue weighted by molar-refractivity contribution is 9.10. The van der Waals surface area contributed by atoms with Crippen molar-refractivity contribution in [3.05, 3.63) is 62.9 Å². The summed E-state index contributed by atoms with van der Waals surface area (Å²) in [5.41, 5.74) is 1.33. The number of aromatic nitrogens is 2. The first-order chi connectivity index (χ1) is 14.0. The molecule has 1 fully saturated rings. The van der Waals surface area contributed by atoms with E-state index in [0.717, 1.165) is 22.9 Å². The Morgan fingerprint density at radius 2 is 1.76 bits per heavy atom. The Bertz CT molecular complexity index is 997. The molecule has 1 aromatic heterocycles. The number of hydrogen-bond donors (Lipinski definition) is 1. The summed E-state index contributed by atoms with van der Waals surface area (Å²) >= 11 is 15.7. The van der Waals surface area contributed by atoms with Crippen LogP contribution in [0.3, 0.4) is 0 Å². The van der Waals surface area contributed by atoms with Crippen molar-refractivity contribution in [1.29, 1.82) is 0 Å². The zero-order valence-corrected chi connectivity index (χ0v) is 18.3. The first-order valence-corrected chi connectivity index (χ1v) is 10.7. The number of amides is 2. The van der Waals surface area contributed by atoms with E-state index < -0.39 is 0 Å². The summed E-state index contributed by atoms with van der Waals surface area (Å²) in [6.07, 6.45) is 1.48. The molecule has 0 spiro atoms. The van der Waals surface area contributed by atoms with Crippen LogP contribution in [0, 0.1) is 0 Å². The molecule has 0 radical (unpaired) electrons. The Kier molecular flexibility index (Phi) is 6.08. The number of urea groups is 1. The second-order valence-electron chi connectivity index (χ2n) is 6.75. The van der Waals surface area contributed by atoms with Gasteiger partial charge in [-0.25, -0.2) is 4.79 Å². The van der Waals surface area contributed by atoms with Crippen LogP contribution in [0.1, 0.15) is 24.7 Å². The van der Waals surface area contributed by atoms with Crippen LogP contribution in [-0.2, 0) is 0 Å². The van der Waals surface area contributed by atoms with Gasteiger partial charge in [-0.3, -0.25) is 0 Å². The van der Waals surface area contributed by atoms with Crippen molar-refractivity contribution in [2.45, 2.75) is 18.8 Å². The van der Waals surface area contributed by atoms with Gasteiger partial charge in [0, 0.05) is 29.0 Å². The predicted octanol–water partition coefficient (Wildman–Crippen LogP) is 6.22. The summed E-state index contributed by atoms with van der Waals surface area (Å²) in [6, 6.07) is 12.6. The fraction of sp³-hybridized carbons (Fsp3) is 0.250. The average Bonchev–Trinajstić information content (AvgIpc) is 3.21. The maximum atomic E-state index is 12.6. The van der Waals surface area contributed by atoms with Crippen LogP contribution in [0.15, 0.2) is 51.5 Å². The third-order valence-electron chi connectivity index (χ3n) is 4.87. The first kappa shape index (κ1) is 20.2. The molecule has 2 heterocycles. The summed E-state index contributed by atoms with van der Waals surface area (Å²) in [6.45, 7) is 1.16. The molecule has 2 aromatic carbocycles. The predicted molar refractivity (Wildman–Crippen MR) is 116 cm³/mol. The third-order valence-corrected chi connectivity index (χ3v) is 6.03. The minimum atomic E-state index is -0.223. The standard InChI is InChI=1S/C20H17BrCl2N4O2/c21-14-6-4-12(5-7-14)18-25-19(29-26-18)13-8-10-27(11-9-13)20(28)24-17-15(22)2-1-3-16(17)23/h1-7,13H,8-11H2,(H,24,28). The SMILES string of the molecule is O=C(Nc1c(Cl)cccc1Cl)N1CCC(c2nc(-c3ccc(Br)cc3)no2)CC1. The molecule has 150 valence electrons. The van der Waals surface area contributed by atoms with E-state index in [0.29, 0.717) is 40.5 Å². The molecule has 1 aliphatic heterocycles. The normalized spacial score (nSPS) is 14.8. The maximum Gasteiger partial charge on any atom is 0.321 e. The summed E-state index contributed by atoms with van der Waals surface area (Å²) in [7, 11) is 0. The van der Waals surface area contributed by atoms with Crippen molar-refractivity contribution in [1.82, 2.24) is 15.0 Å². The maximum absolute atomic E-state index is 12.6. The van der Waals surface area contributed by atoms with Crippen LogP contribution in [0.2, 0.25) is 10.0 Å². The van der Waals surface area contributed by atoms with Crippen LogP contribution >= 0.6 is 39.1 Å². The highest BCUT2D eigenvalue weighted by Gasteiger charge is 2.28. The lowest BCUT2D eigenvalue weighted by Gasteiger charge is -2.30. The number of carbonyl (C=O) groups is 1. The molecule has 0 saturated carbocycles. The lowest BCUT2D eigenvalue weighted by Crippen LogP contribution is -2.40. The van der Waals surface area contributed by atoms with Crippen molar-refractivity contribution in [3.8, 4) is 11.4 Å². The highest BCUT2D eigenvalue weighted by Crippen LogP contribution is 2.32. The van der Waals surface area contributed by atoms with Gasteiger partial charge in [0.25, 0.3) is 0 Å². The minimum absolute atomic E-state index is 0.125. The smallest absolute Gasteiger partial charge is 0.321 e. The molecular weight excluding hydrogens is 479 g/mol. The third kappa shape index (κ3) is 4.57. The van der Waals surface area contributed by atoms with E-state index in [1.807, 2.05) is 24.3 Å². The summed E-state index contributed by atoms with van der Waals surface area (Å²) in [5, 5.41) is 7.72. The Morgan fingerprint density at radius 3 is 2.41 bits per heavy atom. The zero-order chi connectivity index (χ0) is 20.4. The number of halogens is 3. The minimum Gasteiger partial charge on any atom is -0.339 e. The largest absolute Gasteiger partial charge is 0.339 e. The Labute approximate surface area is 186 Å². The molecular formula is C20H17BrCl2N4O2. The zero-order valence-electron chi connectivity index (χ0n) is 15.2. The van der Waals surface area contributed by atoms with Gasteiger partial charge in [0.2, 0.25) is 11.7 Å². The number of para-hydroxylation sites is 1. The molecule has 6 nitrogen and oxygen atoms in total. The number of rotatable bonds is 3. The fourth-order valence-electron chi connectivity index (χ4n) is 3.25. The second kappa shape index (κ2) is 8.73. The van der Waals surface area contributed by atoms with E-state index in [-0.39, 0.29) is 11.9 Å². The quantitative estimate of drug-likeness (QED) is 0.468. The van der Waals surface area contributed by atoms with Gasteiger partial charge in [0.05, 0.1) is 15.7 Å². The van der Waals surface area contributed by atoms with Crippen molar-refractivity contribution >= 4 is 50.9 Å². The van der Waals surface area contributed by atoms with Crippen LogP contribution in [0.5, 0.6) is 0 Å². The Morgan fingerprint density at radius 1 is 1.10 bits per heavy atom. The van der Waals surface area contributed by atoms with Crippen molar-refractivity contribution in [3.63, 3.8) is 0 Å². The van der Waals surface area contributed by atoms with E-state index in [1.165, 1.54) is 0 Å². The molecule has 3 aromatic rings. The number of nitrogens with zero attached hydrogens (tertiary/aromatic N) is 3. The highest BCUT2D eigenvalue weighted by atomic mass is 79.9. The van der Waals surface area contributed by atoms with Crippen LogP contribution < -0.4 is 5.32 Å². The van der Waals surface area contributed by atoms with E-state index in [1.54, 1.807) is 23.1 Å². The van der Waals surface area contributed by atoms with E-state index in [4.69, 9.17) is 27.7 Å². The number of piperidine rings is 1. The van der Waals surface area contributed by atoms with Gasteiger partial charge in [-0.15, -0.1) is 0 Å². The van der Waals surface area contributed by atoms with Crippen LogP contribution in [-0.4, -0.2) is 34.2 Å². The second-order valence-corrected chi connectivity index (χ2v) is 8.48. The monoisotopic (exact) mass is 494 g/mol. The Balaban J connectivity index is 1.37. The van der Waals surface area contributed by atoms with E-state index in [2.05, 4.69) is 31.4 Å². The van der Waals surface area contributed by atoms with Crippen LogP contribution in [0.25, 0.3) is 11.4 Å². The average molecular weight is 496 g/mol. The number of benzene rings is 2. The molecule has 0 bridgehead atoms. The molecule has 1 N–H and O–H groups in total. The van der Waals surface area contributed by atoms with Crippen molar-refractivity contribution in [2.24, 2.45) is 0 Å². The lowest BCUT2D eigenvalue weighted by molar-refractivity contribution is 0.187. The van der Waals surface area contributed by atoms with Gasteiger partial charge in [-0.1, -0.05) is 50.4 Å². The van der Waals surface area contributed by atoms with Crippen molar-refractivity contribution in [2.75, 3.05) is 18.4 Å². The number of carbonyl (C=O) groups excluding carboxylic acids is 1. The molecule has 2 amide bonds.